The first kappa shape index (κ1) is 24.6. The maximum atomic E-state index is 13.3. The van der Waals surface area contributed by atoms with Crippen LogP contribution in [-0.4, -0.2) is 39.8 Å². The summed E-state index contributed by atoms with van der Waals surface area (Å²) in [6.07, 6.45) is 8.93. The minimum Gasteiger partial charge on any atom is -0.467 e. The summed E-state index contributed by atoms with van der Waals surface area (Å²) in [5.41, 5.74) is 4.22. The summed E-state index contributed by atoms with van der Waals surface area (Å²) in [7, 11) is 1.31. The SMILES string of the molecule is C=CCc1ccc(C[C@H](NC(=O)c2cccnc2-n2cc3cc(CC=C)ccc3n2)C(=O)OC)cc1. The zero-order chi connectivity index (χ0) is 25.5. The number of benzene rings is 2. The first-order chi connectivity index (χ1) is 17.5. The highest BCUT2D eigenvalue weighted by Crippen LogP contribution is 2.19. The van der Waals surface area contributed by atoms with Gasteiger partial charge >= 0.3 is 5.97 Å². The summed E-state index contributed by atoms with van der Waals surface area (Å²) in [5.74, 6) is -0.596. The van der Waals surface area contributed by atoms with Gasteiger partial charge in [-0.3, -0.25) is 4.79 Å². The van der Waals surface area contributed by atoms with Crippen LogP contribution in [0.3, 0.4) is 0 Å². The maximum absolute atomic E-state index is 13.3. The molecule has 0 spiro atoms. The number of nitrogens with zero attached hydrogens (tertiary/aromatic N) is 3. The molecule has 1 amide bonds. The van der Waals surface area contributed by atoms with E-state index in [-0.39, 0.29) is 0 Å². The molecule has 182 valence electrons. The Balaban J connectivity index is 1.59. The van der Waals surface area contributed by atoms with Crippen molar-refractivity contribution in [2.24, 2.45) is 0 Å². The minimum absolute atomic E-state index is 0.292. The Labute approximate surface area is 210 Å². The van der Waals surface area contributed by atoms with Gasteiger partial charge in [0.15, 0.2) is 5.82 Å². The molecule has 0 bridgehead atoms. The van der Waals surface area contributed by atoms with E-state index in [1.807, 2.05) is 60.8 Å². The molecule has 0 radical (unpaired) electrons. The third kappa shape index (κ3) is 5.58. The van der Waals surface area contributed by atoms with Crippen LogP contribution in [0.5, 0.6) is 0 Å². The second-order valence-corrected chi connectivity index (χ2v) is 8.40. The molecule has 0 unspecified atom stereocenters. The van der Waals surface area contributed by atoms with Crippen LogP contribution in [0.4, 0.5) is 0 Å². The number of carbonyl (C=O) groups is 2. The first-order valence-corrected chi connectivity index (χ1v) is 11.6. The number of hydrogen-bond acceptors (Lipinski definition) is 5. The lowest BCUT2D eigenvalue weighted by Crippen LogP contribution is -2.43. The van der Waals surface area contributed by atoms with E-state index in [1.54, 1.807) is 23.0 Å². The summed E-state index contributed by atoms with van der Waals surface area (Å²) in [4.78, 5) is 30.3. The van der Waals surface area contributed by atoms with Gasteiger partial charge in [0, 0.05) is 24.2 Å². The molecule has 0 aliphatic rings. The molecule has 36 heavy (non-hydrogen) atoms. The molecule has 2 aromatic carbocycles. The maximum Gasteiger partial charge on any atom is 0.328 e. The van der Waals surface area contributed by atoms with Crippen molar-refractivity contribution in [3.63, 3.8) is 0 Å². The van der Waals surface area contributed by atoms with E-state index < -0.39 is 17.9 Å². The number of ether oxygens (including phenoxy) is 1. The number of fused-ring (bicyclic) bond motifs is 1. The molecule has 2 heterocycles. The Morgan fingerprint density at radius 2 is 1.72 bits per heavy atom. The Kier molecular flexibility index (Phi) is 7.70. The van der Waals surface area contributed by atoms with E-state index in [1.165, 1.54) is 7.11 Å². The fourth-order valence-corrected chi connectivity index (χ4v) is 4.02. The number of methoxy groups -OCH3 is 1. The van der Waals surface area contributed by atoms with E-state index in [0.717, 1.165) is 40.4 Å². The van der Waals surface area contributed by atoms with Crippen LogP contribution in [0.15, 0.2) is 92.3 Å². The van der Waals surface area contributed by atoms with Gasteiger partial charge in [-0.25, -0.2) is 14.5 Å². The largest absolute Gasteiger partial charge is 0.467 e. The van der Waals surface area contributed by atoms with Gasteiger partial charge in [0.05, 0.1) is 18.2 Å². The van der Waals surface area contributed by atoms with Crippen molar-refractivity contribution in [3.05, 3.63) is 115 Å². The van der Waals surface area contributed by atoms with Gasteiger partial charge < -0.3 is 10.1 Å². The topological polar surface area (TPSA) is 86.1 Å². The van der Waals surface area contributed by atoms with Crippen molar-refractivity contribution in [2.75, 3.05) is 7.11 Å². The highest BCUT2D eigenvalue weighted by atomic mass is 16.5. The van der Waals surface area contributed by atoms with Gasteiger partial charge in [-0.15, -0.1) is 13.2 Å². The van der Waals surface area contributed by atoms with Crippen LogP contribution >= 0.6 is 0 Å². The zero-order valence-corrected chi connectivity index (χ0v) is 20.2. The number of rotatable bonds is 10. The van der Waals surface area contributed by atoms with E-state index in [9.17, 15) is 9.59 Å². The minimum atomic E-state index is -0.862. The van der Waals surface area contributed by atoms with Crippen molar-refractivity contribution in [1.29, 1.82) is 0 Å². The molecule has 4 rings (SSSR count). The van der Waals surface area contributed by atoms with Gasteiger partial charge in [-0.05, 0) is 53.8 Å². The van der Waals surface area contributed by atoms with Crippen LogP contribution < -0.4 is 5.32 Å². The van der Waals surface area contributed by atoms with E-state index >= 15 is 0 Å². The van der Waals surface area contributed by atoms with Gasteiger partial charge in [0.2, 0.25) is 0 Å². The summed E-state index contributed by atoms with van der Waals surface area (Å²) in [6.45, 7) is 7.54. The number of hydrogen-bond donors (Lipinski definition) is 1. The van der Waals surface area contributed by atoms with E-state index in [4.69, 9.17) is 4.74 Å². The lowest BCUT2D eigenvalue weighted by atomic mass is 10.0. The third-order valence-corrected chi connectivity index (χ3v) is 5.83. The van der Waals surface area contributed by atoms with Gasteiger partial charge in [0.1, 0.15) is 6.04 Å². The predicted molar refractivity (Wildman–Crippen MR) is 140 cm³/mol. The smallest absolute Gasteiger partial charge is 0.328 e. The Morgan fingerprint density at radius 3 is 2.44 bits per heavy atom. The lowest BCUT2D eigenvalue weighted by molar-refractivity contribution is -0.142. The number of allylic oxidation sites excluding steroid dienone is 2. The molecule has 1 atom stereocenters. The molecule has 4 aromatic rings. The van der Waals surface area contributed by atoms with Crippen molar-refractivity contribution < 1.29 is 14.3 Å². The average molecular weight is 481 g/mol. The molecule has 0 fully saturated rings. The number of esters is 1. The second-order valence-electron chi connectivity index (χ2n) is 8.40. The molecule has 0 saturated carbocycles. The molecular weight excluding hydrogens is 452 g/mol. The summed E-state index contributed by atoms with van der Waals surface area (Å²) < 4.78 is 6.55. The second kappa shape index (κ2) is 11.3. The number of aromatic nitrogens is 3. The summed E-state index contributed by atoms with van der Waals surface area (Å²) >= 11 is 0. The van der Waals surface area contributed by atoms with Crippen LogP contribution in [0, 0.1) is 0 Å². The molecule has 0 saturated heterocycles. The van der Waals surface area contributed by atoms with Crippen molar-refractivity contribution >= 4 is 22.8 Å². The highest BCUT2D eigenvalue weighted by Gasteiger charge is 2.25. The normalized spacial score (nSPS) is 11.6. The fourth-order valence-electron chi connectivity index (χ4n) is 4.02. The zero-order valence-electron chi connectivity index (χ0n) is 20.2. The monoisotopic (exact) mass is 480 g/mol. The highest BCUT2D eigenvalue weighted by molar-refractivity contribution is 5.99. The van der Waals surface area contributed by atoms with Crippen molar-refractivity contribution in [1.82, 2.24) is 20.1 Å². The molecule has 2 aromatic heterocycles. The Hall–Kier alpha value is -4.52. The van der Waals surface area contributed by atoms with Crippen LogP contribution in [0.1, 0.15) is 27.0 Å². The van der Waals surface area contributed by atoms with Gasteiger partial charge in [-0.2, -0.15) is 5.10 Å². The standard InChI is InChI=1S/C29H28N4O3/c1-4-7-20-10-12-22(13-11-20)18-26(29(35)36-3)31-28(34)24-9-6-16-30-27(24)33-19-23-17-21(8-5-2)14-15-25(23)32-33/h4-6,9-17,19,26H,1-2,7-8,18H2,3H3,(H,31,34)/t26-/m0/s1. The summed E-state index contributed by atoms with van der Waals surface area (Å²) in [5, 5.41) is 8.35. The first-order valence-electron chi connectivity index (χ1n) is 11.6. The Morgan fingerprint density at radius 1 is 1.03 bits per heavy atom. The lowest BCUT2D eigenvalue weighted by Gasteiger charge is -2.18. The summed E-state index contributed by atoms with van der Waals surface area (Å²) in [6, 6.07) is 16.3. The van der Waals surface area contributed by atoms with Gasteiger partial charge in [-0.1, -0.05) is 42.5 Å². The van der Waals surface area contributed by atoms with Gasteiger partial charge in [0.25, 0.3) is 5.91 Å². The van der Waals surface area contributed by atoms with Crippen LogP contribution in [0.25, 0.3) is 16.7 Å². The molecule has 7 nitrogen and oxygen atoms in total. The van der Waals surface area contributed by atoms with E-state index in [2.05, 4.69) is 28.6 Å². The van der Waals surface area contributed by atoms with Crippen molar-refractivity contribution in [2.45, 2.75) is 25.3 Å². The number of nitrogens with one attached hydrogen (secondary N) is 1. The molecule has 0 aliphatic carbocycles. The molecular formula is C29H28N4O3. The number of amides is 1. The Bertz CT molecular complexity index is 1410. The quantitative estimate of drug-likeness (QED) is 0.269. The fraction of sp³-hybridized carbons (Fsp3) is 0.172. The number of carbonyl (C=O) groups excluding carboxylic acids is 2. The molecule has 0 aliphatic heterocycles. The van der Waals surface area contributed by atoms with E-state index in [0.29, 0.717) is 17.8 Å². The molecule has 7 heteroatoms. The van der Waals surface area contributed by atoms with Crippen molar-refractivity contribution in [3.8, 4) is 5.82 Å². The third-order valence-electron chi connectivity index (χ3n) is 5.83. The van der Waals surface area contributed by atoms with Crippen LogP contribution in [-0.2, 0) is 28.8 Å². The average Bonchev–Trinajstić information content (AvgIpc) is 3.32. The number of pyridine rings is 1. The predicted octanol–water partition coefficient (Wildman–Crippen LogP) is 4.39. The molecule has 1 N–H and O–H groups in total. The van der Waals surface area contributed by atoms with Crippen LogP contribution in [0.2, 0.25) is 0 Å².